The lowest BCUT2D eigenvalue weighted by molar-refractivity contribution is 1.47. The molecule has 0 aromatic carbocycles. The minimum absolute atomic E-state index is 0.103. The summed E-state index contributed by atoms with van der Waals surface area (Å²) in [5.41, 5.74) is 0. The van der Waals surface area contributed by atoms with Crippen LogP contribution >= 0.6 is 22.7 Å². The highest BCUT2D eigenvalue weighted by molar-refractivity contribution is 6.93. The fourth-order valence-electron chi connectivity index (χ4n) is 0. The van der Waals surface area contributed by atoms with Crippen molar-refractivity contribution in [1.82, 2.24) is 0 Å². The standard InChI is InChI=1S/C2H7ClSi.CH3Cl/c1-2-4-3;1-2/h2,4H2,1H3;1H3. The van der Waals surface area contributed by atoms with E-state index in [2.05, 4.69) is 18.5 Å². The minimum atomic E-state index is -0.103. The average Bonchev–Trinajstić information content (AvgIpc) is 1.72. The van der Waals surface area contributed by atoms with E-state index in [9.17, 15) is 0 Å². The molecule has 0 unspecified atom stereocenters. The molecule has 0 nitrogen and oxygen atoms in total. The predicted octanol–water partition coefficient (Wildman–Crippen LogP) is 1.60. The third-order valence-electron chi connectivity index (χ3n) is 0.189. The predicted molar refractivity (Wildman–Crippen MR) is 36.7 cm³/mol. The summed E-state index contributed by atoms with van der Waals surface area (Å²) in [6.07, 6.45) is 1.47. The normalized spacial score (nSPS) is 8.00. The second kappa shape index (κ2) is 17.1. The van der Waals surface area contributed by atoms with Crippen LogP contribution in [0.15, 0.2) is 0 Å². The topological polar surface area (TPSA) is 0 Å². The highest BCUT2D eigenvalue weighted by Crippen LogP contribution is 1.73. The van der Waals surface area contributed by atoms with Crippen LogP contribution in [0.2, 0.25) is 6.04 Å². The summed E-state index contributed by atoms with van der Waals surface area (Å²) in [6, 6.07) is 1.22. The molecule has 0 aliphatic carbocycles. The van der Waals surface area contributed by atoms with E-state index in [-0.39, 0.29) is 8.83 Å². The maximum absolute atomic E-state index is 5.32. The maximum atomic E-state index is 5.32. The van der Waals surface area contributed by atoms with Gasteiger partial charge in [-0.3, -0.25) is 0 Å². The smallest absolute Gasteiger partial charge is 0.125 e. The Hall–Kier alpha value is 0.797. The number of alkyl halides is 1. The van der Waals surface area contributed by atoms with Crippen LogP contribution in [0, 0.1) is 0 Å². The highest BCUT2D eigenvalue weighted by Gasteiger charge is 1.62. The van der Waals surface area contributed by atoms with Gasteiger partial charge in [-0.2, -0.15) is 11.1 Å². The van der Waals surface area contributed by atoms with Gasteiger partial charge in [-0.1, -0.05) is 13.0 Å². The number of rotatable bonds is 1. The van der Waals surface area contributed by atoms with E-state index in [4.69, 9.17) is 11.1 Å². The van der Waals surface area contributed by atoms with Gasteiger partial charge in [-0.15, -0.1) is 11.6 Å². The molecule has 0 aromatic heterocycles. The van der Waals surface area contributed by atoms with Crippen molar-refractivity contribution in [2.45, 2.75) is 13.0 Å². The summed E-state index contributed by atoms with van der Waals surface area (Å²) >= 11 is 9.96. The first-order chi connectivity index (χ1) is 2.91. The van der Waals surface area contributed by atoms with Gasteiger partial charge in [-0.05, 0) is 0 Å². The van der Waals surface area contributed by atoms with Gasteiger partial charge in [0, 0.05) is 6.38 Å². The van der Waals surface area contributed by atoms with Crippen LogP contribution in [-0.2, 0) is 0 Å². The summed E-state index contributed by atoms with van der Waals surface area (Å²) < 4.78 is 0. The zero-order chi connectivity index (χ0) is 5.41. The Labute approximate surface area is 51.4 Å². The lowest BCUT2D eigenvalue weighted by atomic mass is 11.0. The van der Waals surface area contributed by atoms with Crippen molar-refractivity contribution in [3.8, 4) is 0 Å². The molecule has 0 aromatic rings. The lowest BCUT2D eigenvalue weighted by Crippen LogP contribution is -1.61. The summed E-state index contributed by atoms with van der Waals surface area (Å²) in [5, 5.41) is 0. The molecule has 0 atom stereocenters. The largest absolute Gasteiger partial charge is 0.176 e. The highest BCUT2D eigenvalue weighted by atomic mass is 35.6. The molecule has 3 heteroatoms. The Morgan fingerprint density at radius 1 is 1.50 bits per heavy atom. The first-order valence-electron chi connectivity index (χ1n) is 1.85. The molecule has 0 aliphatic heterocycles. The molecule has 0 aliphatic rings. The summed E-state index contributed by atoms with van der Waals surface area (Å²) in [5.74, 6) is 0. The number of halogens is 2. The average molecular weight is 145 g/mol. The van der Waals surface area contributed by atoms with Crippen LogP contribution in [0.25, 0.3) is 0 Å². The van der Waals surface area contributed by atoms with E-state index in [1.807, 2.05) is 0 Å². The molecule has 0 rings (SSSR count). The van der Waals surface area contributed by atoms with Gasteiger partial charge >= 0.3 is 0 Å². The molecule has 0 bridgehead atoms. The van der Waals surface area contributed by atoms with Gasteiger partial charge in [0.05, 0.1) is 0 Å². The fourth-order valence-corrected chi connectivity index (χ4v) is 0. The third-order valence-corrected chi connectivity index (χ3v) is 1.70. The number of hydrogen-bond acceptors (Lipinski definition) is 0. The molecule has 40 valence electrons. The molecule has 0 N–H and O–H groups in total. The van der Waals surface area contributed by atoms with Crippen LogP contribution in [0.5, 0.6) is 0 Å². The molecular weight excluding hydrogens is 135 g/mol. The Bertz CT molecular complexity index is 10.8. The van der Waals surface area contributed by atoms with E-state index in [0.717, 1.165) is 0 Å². The van der Waals surface area contributed by atoms with Crippen LogP contribution in [-0.4, -0.2) is 15.2 Å². The fraction of sp³-hybridized carbons (Fsp3) is 1.00. The van der Waals surface area contributed by atoms with Crippen molar-refractivity contribution in [3.05, 3.63) is 0 Å². The molecule has 0 radical (unpaired) electrons. The van der Waals surface area contributed by atoms with E-state index < -0.39 is 0 Å². The van der Waals surface area contributed by atoms with E-state index in [0.29, 0.717) is 0 Å². The number of hydrogen-bond donors (Lipinski definition) is 0. The molecule has 0 saturated heterocycles. The molecule has 0 fully saturated rings. The van der Waals surface area contributed by atoms with Gasteiger partial charge in [0.2, 0.25) is 0 Å². The van der Waals surface area contributed by atoms with Crippen LogP contribution in [0.3, 0.4) is 0 Å². The summed E-state index contributed by atoms with van der Waals surface area (Å²) in [7, 11) is -0.103. The monoisotopic (exact) mass is 144 g/mol. The molecule has 0 spiro atoms. The van der Waals surface area contributed by atoms with E-state index >= 15 is 0 Å². The van der Waals surface area contributed by atoms with Gasteiger partial charge in [-0.25, -0.2) is 0 Å². The maximum Gasteiger partial charge on any atom is 0.125 e. The second-order valence-corrected chi connectivity index (χ2v) is 3.20. The van der Waals surface area contributed by atoms with Gasteiger partial charge in [0.25, 0.3) is 0 Å². The van der Waals surface area contributed by atoms with Gasteiger partial charge in [0.1, 0.15) is 8.83 Å². The Kier molecular flexibility index (Phi) is 28.2. The Balaban J connectivity index is 0. The SMILES string of the molecule is CC[SiH2]Cl.CCl. The van der Waals surface area contributed by atoms with E-state index in [1.165, 1.54) is 12.4 Å². The zero-order valence-corrected chi connectivity index (χ0v) is 7.10. The molecule has 0 amide bonds. The minimum Gasteiger partial charge on any atom is -0.176 e. The third kappa shape index (κ3) is 21.4. The van der Waals surface area contributed by atoms with Gasteiger partial charge < -0.3 is 0 Å². The lowest BCUT2D eigenvalue weighted by Gasteiger charge is -1.63. The first-order valence-corrected chi connectivity index (χ1v) is 5.75. The first kappa shape index (κ1) is 9.93. The second-order valence-electron chi connectivity index (χ2n) is 0.689. The van der Waals surface area contributed by atoms with Crippen molar-refractivity contribution in [1.29, 1.82) is 0 Å². The molecular formula is C3H10Cl2Si. The van der Waals surface area contributed by atoms with Crippen molar-refractivity contribution in [2.75, 3.05) is 6.38 Å². The van der Waals surface area contributed by atoms with Crippen molar-refractivity contribution < 1.29 is 0 Å². The Morgan fingerprint density at radius 3 is 1.67 bits per heavy atom. The van der Waals surface area contributed by atoms with Gasteiger partial charge in [0.15, 0.2) is 0 Å². The van der Waals surface area contributed by atoms with E-state index in [1.54, 1.807) is 0 Å². The summed E-state index contributed by atoms with van der Waals surface area (Å²) in [4.78, 5) is 0. The van der Waals surface area contributed by atoms with Crippen LogP contribution < -0.4 is 0 Å². The molecule has 0 heterocycles. The van der Waals surface area contributed by atoms with Crippen molar-refractivity contribution in [2.24, 2.45) is 0 Å². The Morgan fingerprint density at radius 2 is 1.67 bits per heavy atom. The molecule has 0 saturated carbocycles. The summed E-state index contributed by atoms with van der Waals surface area (Å²) in [6.45, 7) is 2.11. The van der Waals surface area contributed by atoms with Crippen molar-refractivity contribution >= 4 is 31.5 Å². The zero-order valence-electron chi connectivity index (χ0n) is 4.17. The molecule has 6 heavy (non-hydrogen) atoms. The van der Waals surface area contributed by atoms with Crippen LogP contribution in [0.4, 0.5) is 0 Å². The quantitative estimate of drug-likeness (QED) is 0.298. The van der Waals surface area contributed by atoms with Crippen molar-refractivity contribution in [3.63, 3.8) is 0 Å². The van der Waals surface area contributed by atoms with Crippen LogP contribution in [0.1, 0.15) is 6.92 Å².